The van der Waals surface area contributed by atoms with Crippen LogP contribution in [0, 0.1) is 0 Å². The second kappa shape index (κ2) is 6.48. The molecular formula is C19H14Cl2Zr. The zero-order valence-corrected chi connectivity index (χ0v) is 15.9. The van der Waals surface area contributed by atoms with Gasteiger partial charge in [-0.05, 0) is 39.8 Å². The van der Waals surface area contributed by atoms with Gasteiger partial charge in [-0.2, -0.15) is 0 Å². The van der Waals surface area contributed by atoms with Crippen molar-refractivity contribution in [2.24, 2.45) is 0 Å². The fourth-order valence-corrected chi connectivity index (χ4v) is 3.89. The molecule has 2 atom stereocenters. The fourth-order valence-electron chi connectivity index (χ4n) is 3.21. The number of allylic oxidation sites excluding steroid dienone is 2. The van der Waals surface area contributed by atoms with Gasteiger partial charge in [-0.25, -0.2) is 0 Å². The number of fused-ring (bicyclic) bond motifs is 2. The summed E-state index contributed by atoms with van der Waals surface area (Å²) in [5, 5.41) is -0.0654. The van der Waals surface area contributed by atoms with Gasteiger partial charge in [-0.15, -0.1) is 23.2 Å². The fraction of sp³-hybridized carbons (Fsp3) is 0.158. The van der Waals surface area contributed by atoms with E-state index in [4.69, 9.17) is 23.2 Å². The van der Waals surface area contributed by atoms with Crippen molar-refractivity contribution >= 4 is 35.4 Å². The van der Waals surface area contributed by atoms with Crippen LogP contribution in [0.5, 0.6) is 0 Å². The van der Waals surface area contributed by atoms with Crippen molar-refractivity contribution in [2.45, 2.75) is 17.2 Å². The Bertz CT molecular complexity index is 711. The molecule has 0 saturated carbocycles. The van der Waals surface area contributed by atoms with Crippen LogP contribution in [0.1, 0.15) is 39.4 Å². The Labute approximate surface area is 160 Å². The number of hydrogen-bond donors (Lipinski definition) is 0. The molecule has 0 heterocycles. The first-order valence-electron chi connectivity index (χ1n) is 7.11. The van der Waals surface area contributed by atoms with Gasteiger partial charge in [0.25, 0.3) is 0 Å². The Morgan fingerprint density at radius 3 is 1.50 bits per heavy atom. The van der Waals surface area contributed by atoms with E-state index in [2.05, 4.69) is 48.6 Å². The summed E-state index contributed by atoms with van der Waals surface area (Å²) in [6.45, 7) is 0. The van der Waals surface area contributed by atoms with Crippen LogP contribution in [0.15, 0.2) is 59.7 Å². The standard InChI is InChI=1S/C19H14Cl2.Zr/c20-18-14(9-12-5-1-3-7-16(12)18)11-15-10-13-6-2-4-8-17(13)19(15)21;/h1-10,18-19H,11H2;. The maximum atomic E-state index is 6.61. The maximum absolute atomic E-state index is 6.61. The molecule has 0 fully saturated rings. The van der Waals surface area contributed by atoms with E-state index in [1.54, 1.807) is 0 Å². The molecule has 0 amide bonds. The van der Waals surface area contributed by atoms with Gasteiger partial charge in [-0.1, -0.05) is 60.7 Å². The molecule has 0 bridgehead atoms. The summed E-state index contributed by atoms with van der Waals surface area (Å²) >= 11 is 13.2. The summed E-state index contributed by atoms with van der Waals surface area (Å²) in [7, 11) is 0. The summed E-state index contributed by atoms with van der Waals surface area (Å²) in [4.78, 5) is 0. The van der Waals surface area contributed by atoms with E-state index in [9.17, 15) is 0 Å². The Balaban J connectivity index is 0.00000144. The average Bonchev–Trinajstić information content (AvgIpc) is 2.99. The molecule has 0 aliphatic heterocycles. The van der Waals surface area contributed by atoms with Crippen LogP contribution in [-0.4, -0.2) is 0 Å². The van der Waals surface area contributed by atoms with Crippen molar-refractivity contribution in [3.05, 3.63) is 81.9 Å². The molecule has 0 N–H and O–H groups in total. The van der Waals surface area contributed by atoms with E-state index in [0.717, 1.165) is 6.42 Å². The quantitative estimate of drug-likeness (QED) is 0.529. The van der Waals surface area contributed by atoms with E-state index in [-0.39, 0.29) is 37.0 Å². The molecular weight excluding hydrogens is 390 g/mol. The van der Waals surface area contributed by atoms with Crippen molar-refractivity contribution in [1.82, 2.24) is 0 Å². The Kier molecular flexibility index (Phi) is 4.78. The minimum atomic E-state index is -0.0327. The van der Waals surface area contributed by atoms with Gasteiger partial charge in [0.1, 0.15) is 0 Å². The average molecular weight is 404 g/mol. The van der Waals surface area contributed by atoms with Crippen LogP contribution in [0.25, 0.3) is 12.2 Å². The van der Waals surface area contributed by atoms with Gasteiger partial charge >= 0.3 is 0 Å². The number of rotatable bonds is 2. The van der Waals surface area contributed by atoms with E-state index >= 15 is 0 Å². The maximum Gasteiger partial charge on any atom is 0.0807 e. The minimum absolute atomic E-state index is 0. The monoisotopic (exact) mass is 402 g/mol. The normalized spacial score (nSPS) is 21.5. The third-order valence-corrected chi connectivity index (χ3v) is 5.31. The Morgan fingerprint density at radius 1 is 0.682 bits per heavy atom. The van der Waals surface area contributed by atoms with Crippen molar-refractivity contribution in [2.75, 3.05) is 0 Å². The molecule has 0 radical (unpaired) electrons. The smallest absolute Gasteiger partial charge is 0.0807 e. The molecule has 2 aromatic carbocycles. The zero-order valence-electron chi connectivity index (χ0n) is 11.9. The topological polar surface area (TPSA) is 0 Å². The molecule has 2 aromatic rings. The molecule has 0 aromatic heterocycles. The Hall–Kier alpha value is -0.617. The van der Waals surface area contributed by atoms with E-state index < -0.39 is 0 Å². The van der Waals surface area contributed by atoms with Crippen molar-refractivity contribution in [1.29, 1.82) is 0 Å². The van der Waals surface area contributed by atoms with Crippen molar-refractivity contribution in [3.63, 3.8) is 0 Å². The van der Waals surface area contributed by atoms with Crippen LogP contribution in [0.2, 0.25) is 0 Å². The Morgan fingerprint density at radius 2 is 1.09 bits per heavy atom. The summed E-state index contributed by atoms with van der Waals surface area (Å²) < 4.78 is 0. The van der Waals surface area contributed by atoms with Gasteiger partial charge in [-0.3, -0.25) is 0 Å². The largest absolute Gasteiger partial charge is 0.113 e. The molecule has 2 unspecified atom stereocenters. The second-order valence-corrected chi connectivity index (χ2v) is 6.47. The predicted octanol–water partition coefficient (Wildman–Crippen LogP) is 6.13. The third kappa shape index (κ3) is 2.69. The summed E-state index contributed by atoms with van der Waals surface area (Å²) in [6.07, 6.45) is 5.26. The minimum Gasteiger partial charge on any atom is -0.113 e. The van der Waals surface area contributed by atoms with E-state index in [0.29, 0.717) is 0 Å². The molecule has 2 aliphatic rings. The first kappa shape index (κ1) is 16.2. The predicted molar refractivity (Wildman–Crippen MR) is 90.6 cm³/mol. The van der Waals surface area contributed by atoms with Crippen LogP contribution in [0.3, 0.4) is 0 Å². The van der Waals surface area contributed by atoms with Crippen LogP contribution in [-0.2, 0) is 26.2 Å². The zero-order chi connectivity index (χ0) is 14.4. The second-order valence-electron chi connectivity index (χ2n) is 5.60. The SMILES string of the molecule is ClC1C(CC2=Cc3ccccc3C2Cl)=Cc2ccccc21.[Zr]. The number of halogens is 2. The molecule has 3 heteroatoms. The molecule has 2 aliphatic carbocycles. The van der Waals surface area contributed by atoms with Crippen LogP contribution in [0.4, 0.5) is 0 Å². The number of hydrogen-bond acceptors (Lipinski definition) is 0. The summed E-state index contributed by atoms with van der Waals surface area (Å²) in [5.41, 5.74) is 7.35. The first-order valence-corrected chi connectivity index (χ1v) is 7.98. The van der Waals surface area contributed by atoms with Crippen molar-refractivity contribution in [3.8, 4) is 0 Å². The molecule has 0 saturated heterocycles. The molecule has 108 valence electrons. The van der Waals surface area contributed by atoms with Gasteiger partial charge in [0.2, 0.25) is 0 Å². The van der Waals surface area contributed by atoms with E-state index in [1.165, 1.54) is 33.4 Å². The van der Waals surface area contributed by atoms with Crippen molar-refractivity contribution < 1.29 is 26.2 Å². The van der Waals surface area contributed by atoms with Gasteiger partial charge < -0.3 is 0 Å². The summed E-state index contributed by atoms with van der Waals surface area (Å²) in [5.74, 6) is 0. The molecule has 4 rings (SSSR count). The molecule has 0 spiro atoms. The summed E-state index contributed by atoms with van der Waals surface area (Å²) in [6, 6.07) is 16.6. The van der Waals surface area contributed by atoms with Crippen LogP contribution < -0.4 is 0 Å². The van der Waals surface area contributed by atoms with Crippen LogP contribution >= 0.6 is 23.2 Å². The molecule has 0 nitrogen and oxygen atoms in total. The number of benzene rings is 2. The van der Waals surface area contributed by atoms with E-state index in [1.807, 2.05) is 12.1 Å². The molecule has 22 heavy (non-hydrogen) atoms. The van der Waals surface area contributed by atoms with Gasteiger partial charge in [0.05, 0.1) is 10.8 Å². The third-order valence-electron chi connectivity index (χ3n) is 4.28. The number of alkyl halides is 2. The first-order chi connectivity index (χ1) is 10.2. The van der Waals surface area contributed by atoms with Gasteiger partial charge in [0, 0.05) is 26.2 Å². The van der Waals surface area contributed by atoms with Gasteiger partial charge in [0.15, 0.2) is 0 Å².